The van der Waals surface area contributed by atoms with Crippen molar-refractivity contribution >= 4 is 27.8 Å². The Kier molecular flexibility index (Phi) is 7.26. The number of carbonyl (C=O) groups excluding carboxylic acids is 2. The van der Waals surface area contributed by atoms with Crippen molar-refractivity contribution in [3.63, 3.8) is 0 Å². The lowest BCUT2D eigenvalue weighted by atomic mass is 10.2. The van der Waals surface area contributed by atoms with E-state index in [1.165, 1.54) is 17.5 Å². The predicted octanol–water partition coefficient (Wildman–Crippen LogP) is 1.87. The zero-order valence-electron chi connectivity index (χ0n) is 17.4. The van der Waals surface area contributed by atoms with Gasteiger partial charge >= 0.3 is 5.97 Å². The van der Waals surface area contributed by atoms with Crippen LogP contribution in [0.25, 0.3) is 0 Å². The molecule has 0 unspecified atom stereocenters. The van der Waals surface area contributed by atoms with Crippen LogP contribution in [0.1, 0.15) is 22.3 Å². The van der Waals surface area contributed by atoms with E-state index < -0.39 is 22.1 Å². The molecule has 1 aliphatic rings. The Morgan fingerprint density at radius 3 is 2.35 bits per heavy atom. The summed E-state index contributed by atoms with van der Waals surface area (Å²) in [4.78, 5) is 24.4. The second-order valence-corrected chi connectivity index (χ2v) is 8.89. The highest BCUT2D eigenvalue weighted by Gasteiger charge is 2.34. The Hall–Kier alpha value is -2.95. The summed E-state index contributed by atoms with van der Waals surface area (Å²) in [6.07, 6.45) is 0.599. The highest BCUT2D eigenvalue weighted by atomic mass is 32.2. The fourth-order valence-electron chi connectivity index (χ4n) is 3.30. The van der Waals surface area contributed by atoms with Gasteiger partial charge in [-0.1, -0.05) is 24.3 Å². The molecule has 1 heterocycles. The molecule has 166 valence electrons. The Balaban J connectivity index is 1.68. The quantitative estimate of drug-likeness (QED) is 0.650. The minimum Gasteiger partial charge on any atom is -0.497 e. The molecule has 3 rings (SSSR count). The second kappa shape index (κ2) is 9.90. The molecule has 0 aromatic heterocycles. The molecule has 1 amide bonds. The van der Waals surface area contributed by atoms with Gasteiger partial charge in [-0.05, 0) is 36.2 Å². The van der Waals surface area contributed by atoms with Gasteiger partial charge in [-0.25, -0.2) is 4.79 Å². The smallest absolute Gasteiger partial charge is 0.339 e. The van der Waals surface area contributed by atoms with Crippen molar-refractivity contribution in [2.24, 2.45) is 0 Å². The summed E-state index contributed by atoms with van der Waals surface area (Å²) in [5.41, 5.74) is 1.28. The second-order valence-electron chi connectivity index (χ2n) is 6.96. The summed E-state index contributed by atoms with van der Waals surface area (Å²) in [5, 5.41) is 2.61. The number of benzene rings is 2. The van der Waals surface area contributed by atoms with Crippen LogP contribution in [0.4, 0.5) is 5.69 Å². The maximum Gasteiger partial charge on any atom is 0.339 e. The number of ether oxygens (including phenoxy) is 2. The molecule has 2 aromatic carbocycles. The minimum absolute atomic E-state index is 0.195. The maximum atomic E-state index is 13.0. The molecule has 0 radical (unpaired) electrons. The first-order valence-electron chi connectivity index (χ1n) is 9.70. The molecule has 0 bridgehead atoms. The number of hydrogen-bond donors (Lipinski definition) is 1. The molecule has 1 fully saturated rings. The van der Waals surface area contributed by atoms with Gasteiger partial charge in [0.15, 0.2) is 0 Å². The van der Waals surface area contributed by atoms with Gasteiger partial charge < -0.3 is 14.8 Å². The van der Waals surface area contributed by atoms with Gasteiger partial charge in [0.2, 0.25) is 5.91 Å². The van der Waals surface area contributed by atoms with Gasteiger partial charge in [-0.3, -0.25) is 4.79 Å². The van der Waals surface area contributed by atoms with Crippen molar-refractivity contribution in [3.8, 4) is 5.75 Å². The van der Waals surface area contributed by atoms with Crippen LogP contribution in [-0.4, -0.2) is 62.8 Å². The monoisotopic (exact) mass is 447 g/mol. The van der Waals surface area contributed by atoms with E-state index in [0.717, 1.165) is 9.87 Å². The first-order chi connectivity index (χ1) is 14.8. The first-order valence-corrected chi connectivity index (χ1v) is 11.1. The lowest BCUT2D eigenvalue weighted by Crippen LogP contribution is -2.51. The summed E-state index contributed by atoms with van der Waals surface area (Å²) >= 11 is 0. The first kappa shape index (κ1) is 22.7. The molecular formula is C21H25N3O6S. The summed E-state index contributed by atoms with van der Waals surface area (Å²) < 4.78 is 38.4. The highest BCUT2D eigenvalue weighted by Crippen LogP contribution is 2.21. The zero-order valence-corrected chi connectivity index (χ0v) is 18.2. The average molecular weight is 448 g/mol. The minimum atomic E-state index is -3.81. The van der Waals surface area contributed by atoms with Gasteiger partial charge in [-0.2, -0.15) is 17.0 Å². The zero-order chi connectivity index (χ0) is 22.4. The van der Waals surface area contributed by atoms with E-state index in [2.05, 4.69) is 5.32 Å². The van der Waals surface area contributed by atoms with E-state index in [1.54, 1.807) is 37.4 Å². The summed E-state index contributed by atoms with van der Waals surface area (Å²) in [6.45, 7) is 0.470. The van der Waals surface area contributed by atoms with Crippen LogP contribution in [-0.2, 0) is 26.3 Å². The van der Waals surface area contributed by atoms with Crippen LogP contribution in [0.2, 0.25) is 0 Å². The van der Waals surface area contributed by atoms with Crippen LogP contribution in [0.5, 0.6) is 5.75 Å². The van der Waals surface area contributed by atoms with Crippen LogP contribution >= 0.6 is 0 Å². The third kappa shape index (κ3) is 5.40. The van der Waals surface area contributed by atoms with Gasteiger partial charge in [-0.15, -0.1) is 0 Å². The molecule has 0 aliphatic carbocycles. The van der Waals surface area contributed by atoms with Crippen molar-refractivity contribution in [3.05, 3.63) is 59.7 Å². The molecule has 0 spiro atoms. The number of nitrogens with zero attached hydrogens (tertiary/aromatic N) is 2. The maximum absolute atomic E-state index is 13.0. The lowest BCUT2D eigenvalue weighted by molar-refractivity contribution is -0.116. The molecule has 0 saturated carbocycles. The van der Waals surface area contributed by atoms with Crippen LogP contribution in [0.15, 0.2) is 48.5 Å². The topological polar surface area (TPSA) is 105 Å². The lowest BCUT2D eigenvalue weighted by Gasteiger charge is -2.34. The van der Waals surface area contributed by atoms with E-state index in [-0.39, 0.29) is 30.9 Å². The number of hydrogen-bond acceptors (Lipinski definition) is 6. The molecule has 31 heavy (non-hydrogen) atoms. The summed E-state index contributed by atoms with van der Waals surface area (Å²) in [6, 6.07) is 13.6. The number of carbonyl (C=O) groups is 2. The van der Waals surface area contributed by atoms with Gasteiger partial charge in [0, 0.05) is 19.6 Å². The van der Waals surface area contributed by atoms with Crippen molar-refractivity contribution in [2.75, 3.05) is 39.2 Å². The number of amides is 1. The van der Waals surface area contributed by atoms with Gasteiger partial charge in [0.25, 0.3) is 10.2 Å². The third-order valence-corrected chi connectivity index (χ3v) is 6.84. The Labute approximate surface area is 181 Å². The van der Waals surface area contributed by atoms with Crippen LogP contribution in [0.3, 0.4) is 0 Å². The van der Waals surface area contributed by atoms with Gasteiger partial charge in [0.05, 0.1) is 32.0 Å². The Morgan fingerprint density at radius 1 is 1.00 bits per heavy atom. The molecule has 1 N–H and O–H groups in total. The molecule has 2 aromatic rings. The van der Waals surface area contributed by atoms with Gasteiger partial charge in [0.1, 0.15) is 5.75 Å². The van der Waals surface area contributed by atoms with Crippen molar-refractivity contribution in [2.45, 2.75) is 13.0 Å². The number of esters is 1. The number of para-hydroxylation sites is 1. The third-order valence-electron chi connectivity index (χ3n) is 4.91. The molecule has 1 saturated heterocycles. The molecule has 9 nitrogen and oxygen atoms in total. The standard InChI is InChI=1S/C21H25N3O6S/c1-29-17-10-8-16(9-11-17)14-23-12-5-13-24(31(23,27)28)15-20(25)22-19-7-4-3-6-18(19)21(26)30-2/h3-4,6-11H,5,12-15H2,1-2H3,(H,22,25). The van der Waals surface area contributed by atoms with Crippen molar-refractivity contribution in [1.29, 1.82) is 0 Å². The molecule has 1 aliphatic heterocycles. The fourth-order valence-corrected chi connectivity index (χ4v) is 4.94. The number of nitrogens with one attached hydrogen (secondary N) is 1. The normalized spacial score (nSPS) is 16.5. The summed E-state index contributed by atoms with van der Waals surface area (Å²) in [7, 11) is -0.999. The van der Waals surface area contributed by atoms with Crippen LogP contribution in [0, 0.1) is 0 Å². The van der Waals surface area contributed by atoms with E-state index in [9.17, 15) is 18.0 Å². The SMILES string of the molecule is COC(=O)c1ccccc1NC(=O)CN1CCCN(Cc2ccc(OC)cc2)S1(=O)=O. The Morgan fingerprint density at radius 2 is 1.68 bits per heavy atom. The highest BCUT2D eigenvalue weighted by molar-refractivity contribution is 7.86. The average Bonchev–Trinajstić information content (AvgIpc) is 2.77. The number of anilines is 1. The molecule has 0 atom stereocenters. The Bertz CT molecular complexity index is 1040. The van der Waals surface area contributed by atoms with E-state index in [0.29, 0.717) is 18.7 Å². The predicted molar refractivity (Wildman–Crippen MR) is 115 cm³/mol. The van der Waals surface area contributed by atoms with E-state index >= 15 is 0 Å². The molecule has 10 heteroatoms. The summed E-state index contributed by atoms with van der Waals surface area (Å²) in [5.74, 6) is -0.436. The van der Waals surface area contributed by atoms with Crippen molar-refractivity contribution in [1.82, 2.24) is 8.61 Å². The molecular weight excluding hydrogens is 422 g/mol. The van der Waals surface area contributed by atoms with Crippen LogP contribution < -0.4 is 10.1 Å². The fraction of sp³-hybridized carbons (Fsp3) is 0.333. The van der Waals surface area contributed by atoms with Crippen molar-refractivity contribution < 1.29 is 27.5 Å². The largest absolute Gasteiger partial charge is 0.497 e. The number of rotatable bonds is 7. The number of methoxy groups -OCH3 is 2. The van der Waals surface area contributed by atoms with E-state index in [4.69, 9.17) is 9.47 Å². The van der Waals surface area contributed by atoms with E-state index in [1.807, 2.05) is 12.1 Å².